The number of primary amides is 1. The number of benzene rings is 1. The molecule has 0 radical (unpaired) electrons. The molecule has 4 N–H and O–H groups in total. The Bertz CT molecular complexity index is 523. The first-order valence-electron chi connectivity index (χ1n) is 5.81. The van der Waals surface area contributed by atoms with Crippen LogP contribution in [0.3, 0.4) is 0 Å². The Morgan fingerprint density at radius 2 is 2.11 bits per heavy atom. The zero-order valence-electron chi connectivity index (χ0n) is 10.7. The highest BCUT2D eigenvalue weighted by Crippen LogP contribution is 2.34. The molecule has 1 aliphatic heterocycles. The summed E-state index contributed by atoms with van der Waals surface area (Å²) in [5.74, 6) is -0.648. The molecule has 1 aliphatic rings. The Hall–Kier alpha value is -1.88. The van der Waals surface area contributed by atoms with Crippen molar-refractivity contribution in [3.63, 3.8) is 0 Å². The number of fused-ring (bicyclic) bond motifs is 1. The Labute approximate surface area is 106 Å². The standard InChI is InChI=1S/C13H17N3O2/c1-7-5-4-6-8-9(7)15-11(17)10(8)16-13(2,3)12(14)18/h4-6,10,16H,1-3H3,(H2,14,18)(H,15,17). The minimum Gasteiger partial charge on any atom is -0.368 e. The number of hydrogen-bond acceptors (Lipinski definition) is 3. The molecule has 1 unspecified atom stereocenters. The summed E-state index contributed by atoms with van der Waals surface area (Å²) in [6.07, 6.45) is 0. The molecule has 18 heavy (non-hydrogen) atoms. The van der Waals surface area contributed by atoms with Crippen LogP contribution in [0.2, 0.25) is 0 Å². The van der Waals surface area contributed by atoms with E-state index in [9.17, 15) is 9.59 Å². The fourth-order valence-electron chi connectivity index (χ4n) is 2.01. The van der Waals surface area contributed by atoms with E-state index in [1.165, 1.54) is 0 Å². The third kappa shape index (κ3) is 1.97. The van der Waals surface area contributed by atoms with Crippen molar-refractivity contribution in [1.82, 2.24) is 5.32 Å². The zero-order chi connectivity index (χ0) is 13.5. The number of amides is 2. The van der Waals surface area contributed by atoms with E-state index < -0.39 is 17.5 Å². The van der Waals surface area contributed by atoms with Crippen molar-refractivity contribution < 1.29 is 9.59 Å². The second-order valence-corrected chi connectivity index (χ2v) is 5.09. The first-order valence-corrected chi connectivity index (χ1v) is 5.81. The number of carbonyl (C=O) groups excluding carboxylic acids is 2. The minimum absolute atomic E-state index is 0.159. The van der Waals surface area contributed by atoms with Gasteiger partial charge in [0.15, 0.2) is 0 Å². The summed E-state index contributed by atoms with van der Waals surface area (Å²) in [7, 11) is 0. The molecule has 0 spiro atoms. The number of anilines is 1. The highest BCUT2D eigenvalue weighted by molar-refractivity contribution is 6.03. The smallest absolute Gasteiger partial charge is 0.246 e. The molecule has 1 aromatic rings. The average Bonchev–Trinajstić information content (AvgIpc) is 2.57. The van der Waals surface area contributed by atoms with Gasteiger partial charge in [0.1, 0.15) is 6.04 Å². The molecule has 2 amide bonds. The highest BCUT2D eigenvalue weighted by atomic mass is 16.2. The van der Waals surface area contributed by atoms with Crippen LogP contribution in [0, 0.1) is 6.92 Å². The molecule has 5 heteroatoms. The average molecular weight is 247 g/mol. The minimum atomic E-state index is -0.937. The van der Waals surface area contributed by atoms with Crippen LogP contribution in [-0.2, 0) is 9.59 Å². The first kappa shape index (κ1) is 12.6. The van der Waals surface area contributed by atoms with Crippen molar-refractivity contribution in [2.75, 3.05) is 5.32 Å². The van der Waals surface area contributed by atoms with Gasteiger partial charge in [0, 0.05) is 11.3 Å². The largest absolute Gasteiger partial charge is 0.368 e. The van der Waals surface area contributed by atoms with Crippen LogP contribution in [0.25, 0.3) is 0 Å². The van der Waals surface area contributed by atoms with Crippen molar-refractivity contribution >= 4 is 17.5 Å². The summed E-state index contributed by atoms with van der Waals surface area (Å²) in [6, 6.07) is 5.15. The van der Waals surface area contributed by atoms with Crippen molar-refractivity contribution in [2.24, 2.45) is 5.73 Å². The summed E-state index contributed by atoms with van der Waals surface area (Å²) < 4.78 is 0. The van der Waals surface area contributed by atoms with E-state index in [0.717, 1.165) is 16.8 Å². The second kappa shape index (κ2) is 4.10. The SMILES string of the molecule is Cc1cccc2c1NC(=O)C2NC(C)(C)C(N)=O. The normalized spacial score (nSPS) is 18.4. The Kier molecular flexibility index (Phi) is 2.86. The lowest BCUT2D eigenvalue weighted by Gasteiger charge is -2.25. The number of para-hydroxylation sites is 1. The maximum atomic E-state index is 12.0. The lowest BCUT2D eigenvalue weighted by atomic mass is 9.99. The maximum Gasteiger partial charge on any atom is 0.246 e. The summed E-state index contributed by atoms with van der Waals surface area (Å²) in [5, 5.41) is 5.82. The number of aryl methyl sites for hydroxylation is 1. The van der Waals surface area contributed by atoms with Gasteiger partial charge in [-0.2, -0.15) is 0 Å². The van der Waals surface area contributed by atoms with E-state index in [1.54, 1.807) is 13.8 Å². The topological polar surface area (TPSA) is 84.2 Å². The second-order valence-electron chi connectivity index (χ2n) is 5.09. The Morgan fingerprint density at radius 1 is 1.44 bits per heavy atom. The van der Waals surface area contributed by atoms with Gasteiger partial charge in [0.25, 0.3) is 0 Å². The van der Waals surface area contributed by atoms with Crippen LogP contribution in [0.5, 0.6) is 0 Å². The maximum absolute atomic E-state index is 12.0. The number of hydrogen-bond donors (Lipinski definition) is 3. The van der Waals surface area contributed by atoms with Gasteiger partial charge in [-0.05, 0) is 26.3 Å². The molecular formula is C13H17N3O2. The molecule has 5 nitrogen and oxygen atoms in total. The van der Waals surface area contributed by atoms with E-state index in [1.807, 2.05) is 25.1 Å². The first-order chi connectivity index (χ1) is 8.33. The number of rotatable bonds is 3. The molecule has 0 aliphatic carbocycles. The fraction of sp³-hybridized carbons (Fsp3) is 0.385. The summed E-state index contributed by atoms with van der Waals surface area (Å²) in [4.78, 5) is 23.3. The molecular weight excluding hydrogens is 230 g/mol. The van der Waals surface area contributed by atoms with Gasteiger partial charge < -0.3 is 11.1 Å². The molecule has 1 aromatic carbocycles. The van der Waals surface area contributed by atoms with Crippen molar-refractivity contribution in [3.8, 4) is 0 Å². The quantitative estimate of drug-likeness (QED) is 0.740. The third-order valence-corrected chi connectivity index (χ3v) is 3.25. The van der Waals surface area contributed by atoms with E-state index in [2.05, 4.69) is 10.6 Å². The third-order valence-electron chi connectivity index (χ3n) is 3.25. The predicted octanol–water partition coefficient (Wildman–Crippen LogP) is 0.842. The van der Waals surface area contributed by atoms with Crippen LogP contribution in [0.15, 0.2) is 18.2 Å². The van der Waals surface area contributed by atoms with Crippen LogP contribution in [-0.4, -0.2) is 17.4 Å². The molecule has 0 aromatic heterocycles. The van der Waals surface area contributed by atoms with Crippen LogP contribution in [0.1, 0.15) is 31.0 Å². The van der Waals surface area contributed by atoms with Crippen LogP contribution in [0.4, 0.5) is 5.69 Å². The summed E-state index contributed by atoms with van der Waals surface area (Å²) >= 11 is 0. The number of nitrogens with two attached hydrogens (primary N) is 1. The van der Waals surface area contributed by atoms with Gasteiger partial charge in [-0.1, -0.05) is 18.2 Å². The van der Waals surface area contributed by atoms with Gasteiger partial charge in [-0.15, -0.1) is 0 Å². The van der Waals surface area contributed by atoms with Gasteiger partial charge in [-0.3, -0.25) is 14.9 Å². The van der Waals surface area contributed by atoms with E-state index in [-0.39, 0.29) is 5.91 Å². The summed E-state index contributed by atoms with van der Waals surface area (Å²) in [5.41, 5.74) is 7.05. The van der Waals surface area contributed by atoms with Gasteiger partial charge in [0.2, 0.25) is 11.8 Å². The predicted molar refractivity (Wildman–Crippen MR) is 69.0 cm³/mol. The van der Waals surface area contributed by atoms with Gasteiger partial charge in [-0.25, -0.2) is 0 Å². The Balaban J connectivity index is 2.35. The molecule has 0 saturated carbocycles. The number of nitrogens with one attached hydrogen (secondary N) is 2. The lowest BCUT2D eigenvalue weighted by Crippen LogP contribution is -2.53. The highest BCUT2D eigenvalue weighted by Gasteiger charge is 2.37. The fourth-order valence-corrected chi connectivity index (χ4v) is 2.01. The molecule has 0 saturated heterocycles. The molecule has 0 fully saturated rings. The molecule has 1 heterocycles. The monoisotopic (exact) mass is 247 g/mol. The van der Waals surface area contributed by atoms with Crippen LogP contribution < -0.4 is 16.4 Å². The van der Waals surface area contributed by atoms with Crippen molar-refractivity contribution in [1.29, 1.82) is 0 Å². The van der Waals surface area contributed by atoms with E-state index in [4.69, 9.17) is 5.73 Å². The van der Waals surface area contributed by atoms with E-state index >= 15 is 0 Å². The van der Waals surface area contributed by atoms with Crippen molar-refractivity contribution in [3.05, 3.63) is 29.3 Å². The van der Waals surface area contributed by atoms with Crippen LogP contribution >= 0.6 is 0 Å². The molecule has 0 bridgehead atoms. The lowest BCUT2D eigenvalue weighted by molar-refractivity contribution is -0.124. The number of carbonyl (C=O) groups is 2. The molecule has 96 valence electrons. The van der Waals surface area contributed by atoms with Gasteiger partial charge >= 0.3 is 0 Å². The molecule has 2 rings (SSSR count). The van der Waals surface area contributed by atoms with E-state index in [0.29, 0.717) is 0 Å². The summed E-state index contributed by atoms with van der Waals surface area (Å²) in [6.45, 7) is 5.26. The van der Waals surface area contributed by atoms with Gasteiger partial charge in [0.05, 0.1) is 5.54 Å². The Morgan fingerprint density at radius 3 is 2.72 bits per heavy atom. The van der Waals surface area contributed by atoms with Crippen molar-refractivity contribution in [2.45, 2.75) is 32.4 Å². The zero-order valence-corrected chi connectivity index (χ0v) is 10.7. The molecule has 1 atom stereocenters.